The molecular weight excluding hydrogens is 338 g/mol. The number of likely N-dealkylation sites (tertiary alicyclic amines) is 2. The van der Waals surface area contributed by atoms with Gasteiger partial charge in [-0.1, -0.05) is 13.0 Å². The van der Waals surface area contributed by atoms with Crippen LogP contribution in [0.25, 0.3) is 0 Å². The van der Waals surface area contributed by atoms with E-state index in [9.17, 15) is 9.59 Å². The molecule has 5 nitrogen and oxygen atoms in total. The third kappa shape index (κ3) is 3.88. The number of fused-ring (bicyclic) bond motifs is 1. The second kappa shape index (κ2) is 8.01. The zero-order valence-corrected chi connectivity index (χ0v) is 16.5. The zero-order valence-electron chi connectivity index (χ0n) is 16.5. The molecule has 1 aromatic carbocycles. The Hall–Kier alpha value is -1.88. The number of hydrogen-bond donors (Lipinski definition) is 0. The minimum Gasteiger partial charge on any atom is -0.338 e. The van der Waals surface area contributed by atoms with E-state index in [0.29, 0.717) is 19.0 Å². The van der Waals surface area contributed by atoms with E-state index in [1.54, 1.807) is 0 Å². The number of carbonyl (C=O) groups is 2. The first kappa shape index (κ1) is 18.5. The summed E-state index contributed by atoms with van der Waals surface area (Å²) in [7, 11) is 0. The Morgan fingerprint density at radius 1 is 1.04 bits per heavy atom. The van der Waals surface area contributed by atoms with Gasteiger partial charge in [0, 0.05) is 44.2 Å². The molecule has 0 N–H and O–H groups in total. The van der Waals surface area contributed by atoms with Gasteiger partial charge in [-0.05, 0) is 68.5 Å². The van der Waals surface area contributed by atoms with Crippen molar-refractivity contribution in [2.45, 2.75) is 58.0 Å². The minimum atomic E-state index is 0.187. The molecule has 1 aromatic rings. The van der Waals surface area contributed by atoms with Crippen LogP contribution in [-0.4, -0.2) is 65.3 Å². The fourth-order valence-corrected chi connectivity index (χ4v) is 4.84. The van der Waals surface area contributed by atoms with Crippen molar-refractivity contribution in [3.63, 3.8) is 0 Å². The van der Waals surface area contributed by atoms with Crippen molar-refractivity contribution in [2.24, 2.45) is 0 Å². The molecule has 5 heteroatoms. The molecule has 0 bridgehead atoms. The Bertz CT molecular complexity index is 712. The quantitative estimate of drug-likeness (QED) is 0.820. The summed E-state index contributed by atoms with van der Waals surface area (Å²) in [6.45, 7) is 7.64. The van der Waals surface area contributed by atoms with Gasteiger partial charge in [-0.25, -0.2) is 0 Å². The van der Waals surface area contributed by atoms with E-state index >= 15 is 0 Å². The lowest BCUT2D eigenvalue weighted by molar-refractivity contribution is -0.131. The highest BCUT2D eigenvalue weighted by atomic mass is 16.2. The van der Waals surface area contributed by atoms with E-state index in [0.717, 1.165) is 44.5 Å². The Labute approximate surface area is 162 Å². The van der Waals surface area contributed by atoms with Crippen LogP contribution in [0, 0.1) is 0 Å². The van der Waals surface area contributed by atoms with Crippen LogP contribution in [-0.2, 0) is 17.8 Å². The van der Waals surface area contributed by atoms with Gasteiger partial charge in [-0.15, -0.1) is 0 Å². The highest BCUT2D eigenvalue weighted by Crippen LogP contribution is 2.25. The molecule has 2 saturated heterocycles. The minimum absolute atomic E-state index is 0.187. The average molecular weight is 370 g/mol. The molecule has 4 rings (SSSR count). The predicted molar refractivity (Wildman–Crippen MR) is 106 cm³/mol. The predicted octanol–water partition coefficient (Wildman–Crippen LogP) is 2.68. The maximum Gasteiger partial charge on any atom is 0.254 e. The topological polar surface area (TPSA) is 43.9 Å². The van der Waals surface area contributed by atoms with Crippen molar-refractivity contribution < 1.29 is 9.59 Å². The van der Waals surface area contributed by atoms with Gasteiger partial charge in [0.05, 0.1) is 0 Å². The standard InChI is InChI=1S/C22H31N3O2/c1-2-21(26)24-13-9-17-14-18(7-8-19(17)15-24)22(27)25-12-5-6-20(25)16-23-10-3-4-11-23/h7-8,14,20H,2-6,9-13,15-16H2,1H3. The second-order valence-electron chi connectivity index (χ2n) is 8.20. The maximum atomic E-state index is 13.2. The van der Waals surface area contributed by atoms with Gasteiger partial charge < -0.3 is 14.7 Å². The number of carbonyl (C=O) groups excluding carboxylic acids is 2. The highest BCUT2D eigenvalue weighted by Gasteiger charge is 2.32. The Kier molecular flexibility index (Phi) is 5.48. The van der Waals surface area contributed by atoms with Gasteiger partial charge >= 0.3 is 0 Å². The summed E-state index contributed by atoms with van der Waals surface area (Å²) < 4.78 is 0. The van der Waals surface area contributed by atoms with Crippen molar-refractivity contribution >= 4 is 11.8 Å². The second-order valence-corrected chi connectivity index (χ2v) is 8.20. The van der Waals surface area contributed by atoms with Crippen molar-refractivity contribution in [2.75, 3.05) is 32.7 Å². The van der Waals surface area contributed by atoms with Crippen molar-refractivity contribution in [3.05, 3.63) is 34.9 Å². The van der Waals surface area contributed by atoms with Crippen LogP contribution in [0.2, 0.25) is 0 Å². The van der Waals surface area contributed by atoms with Gasteiger partial charge in [0.25, 0.3) is 5.91 Å². The summed E-state index contributed by atoms with van der Waals surface area (Å²) in [5.41, 5.74) is 3.24. The summed E-state index contributed by atoms with van der Waals surface area (Å²) >= 11 is 0. The lowest BCUT2D eigenvalue weighted by Crippen LogP contribution is -2.42. The van der Waals surface area contributed by atoms with Crippen molar-refractivity contribution in [1.29, 1.82) is 0 Å². The van der Waals surface area contributed by atoms with Gasteiger partial charge in [0.15, 0.2) is 0 Å². The lowest BCUT2D eigenvalue weighted by atomic mass is 9.96. The van der Waals surface area contributed by atoms with Crippen LogP contribution in [0.4, 0.5) is 0 Å². The van der Waals surface area contributed by atoms with E-state index in [1.165, 1.54) is 37.1 Å². The molecule has 0 aromatic heterocycles. The largest absolute Gasteiger partial charge is 0.338 e. The summed E-state index contributed by atoms with van der Waals surface area (Å²) in [6, 6.07) is 6.47. The molecule has 3 aliphatic rings. The number of rotatable bonds is 4. The number of hydrogen-bond acceptors (Lipinski definition) is 3. The molecular formula is C22H31N3O2. The van der Waals surface area contributed by atoms with E-state index in [2.05, 4.69) is 21.9 Å². The smallest absolute Gasteiger partial charge is 0.254 e. The maximum absolute atomic E-state index is 13.2. The molecule has 0 aliphatic carbocycles. The van der Waals surface area contributed by atoms with Crippen LogP contribution in [0.5, 0.6) is 0 Å². The fourth-order valence-electron chi connectivity index (χ4n) is 4.84. The Morgan fingerprint density at radius 3 is 2.63 bits per heavy atom. The molecule has 146 valence electrons. The zero-order chi connectivity index (χ0) is 18.8. The molecule has 3 heterocycles. The Morgan fingerprint density at radius 2 is 1.85 bits per heavy atom. The first-order valence-corrected chi connectivity index (χ1v) is 10.6. The van der Waals surface area contributed by atoms with E-state index in [-0.39, 0.29) is 11.8 Å². The molecule has 2 amide bonds. The monoisotopic (exact) mass is 369 g/mol. The summed E-state index contributed by atoms with van der Waals surface area (Å²) in [5, 5.41) is 0. The molecule has 27 heavy (non-hydrogen) atoms. The van der Waals surface area contributed by atoms with Crippen molar-refractivity contribution in [3.8, 4) is 0 Å². The van der Waals surface area contributed by atoms with Crippen molar-refractivity contribution in [1.82, 2.24) is 14.7 Å². The summed E-state index contributed by atoms with van der Waals surface area (Å²) in [4.78, 5) is 31.7. The summed E-state index contributed by atoms with van der Waals surface area (Å²) in [5.74, 6) is 0.397. The van der Waals surface area contributed by atoms with Gasteiger partial charge in [0.2, 0.25) is 5.91 Å². The van der Waals surface area contributed by atoms with Gasteiger partial charge in [0.1, 0.15) is 0 Å². The van der Waals surface area contributed by atoms with Crippen LogP contribution in [0.15, 0.2) is 18.2 Å². The molecule has 0 saturated carbocycles. The number of amides is 2. The Balaban J connectivity index is 1.45. The van der Waals surface area contributed by atoms with Crippen LogP contribution in [0.3, 0.4) is 0 Å². The van der Waals surface area contributed by atoms with Crippen LogP contribution in [0.1, 0.15) is 60.5 Å². The molecule has 1 unspecified atom stereocenters. The first-order valence-electron chi connectivity index (χ1n) is 10.6. The molecule has 3 aliphatic heterocycles. The summed E-state index contributed by atoms with van der Waals surface area (Å²) in [6.07, 6.45) is 6.23. The first-order chi connectivity index (χ1) is 13.2. The third-order valence-corrected chi connectivity index (χ3v) is 6.43. The van der Waals surface area contributed by atoms with Crippen LogP contribution >= 0.6 is 0 Å². The molecule has 2 fully saturated rings. The SMILES string of the molecule is CCC(=O)N1CCc2cc(C(=O)N3CCCC3CN3CCCC3)ccc2C1. The molecule has 0 spiro atoms. The highest BCUT2D eigenvalue weighted by molar-refractivity contribution is 5.95. The average Bonchev–Trinajstić information content (AvgIpc) is 3.38. The lowest BCUT2D eigenvalue weighted by Gasteiger charge is -2.30. The van der Waals surface area contributed by atoms with E-state index < -0.39 is 0 Å². The normalized spacial score (nSPS) is 22.9. The third-order valence-electron chi connectivity index (χ3n) is 6.43. The molecule has 0 radical (unpaired) electrons. The van der Waals surface area contributed by atoms with E-state index in [1.807, 2.05) is 17.9 Å². The number of benzene rings is 1. The van der Waals surface area contributed by atoms with Gasteiger partial charge in [-0.3, -0.25) is 9.59 Å². The number of nitrogens with zero attached hydrogens (tertiary/aromatic N) is 3. The van der Waals surface area contributed by atoms with E-state index in [4.69, 9.17) is 0 Å². The van der Waals surface area contributed by atoms with Gasteiger partial charge in [-0.2, -0.15) is 0 Å². The van der Waals surface area contributed by atoms with Crippen LogP contribution < -0.4 is 0 Å². The fraction of sp³-hybridized carbons (Fsp3) is 0.636. The molecule has 1 atom stereocenters.